The number of carbonyl (C=O) groups excluding carboxylic acids is 3. The summed E-state index contributed by atoms with van der Waals surface area (Å²) in [5.74, 6) is -1.72. The molecule has 2 heterocycles. The second-order valence-corrected chi connectivity index (χ2v) is 5.96. The lowest BCUT2D eigenvalue weighted by Gasteiger charge is -2.09. The Bertz CT molecular complexity index is 1060. The molecule has 2 aromatic heterocycles. The molecule has 0 aliphatic heterocycles. The lowest BCUT2D eigenvalue weighted by Crippen LogP contribution is -2.25. The molecule has 142 valence electrons. The summed E-state index contributed by atoms with van der Waals surface area (Å²) in [7, 11) is 1.43. The van der Waals surface area contributed by atoms with Gasteiger partial charge in [-0.25, -0.2) is 9.97 Å². The molecular formula is C18H15ClN6O3. The summed E-state index contributed by atoms with van der Waals surface area (Å²) in [4.78, 5) is 43.8. The number of carbonyl (C=O) groups is 3. The number of rotatable bonds is 5. The van der Waals surface area contributed by atoms with Crippen LogP contribution >= 0.6 is 11.6 Å². The molecule has 10 heteroatoms. The summed E-state index contributed by atoms with van der Waals surface area (Å²) in [6, 6.07) is 9.70. The van der Waals surface area contributed by atoms with Gasteiger partial charge in [-0.1, -0.05) is 11.6 Å². The zero-order valence-corrected chi connectivity index (χ0v) is 15.4. The Morgan fingerprint density at radius 3 is 2.39 bits per heavy atom. The summed E-state index contributed by atoms with van der Waals surface area (Å²) in [6.45, 7) is 0. The summed E-state index contributed by atoms with van der Waals surface area (Å²) in [6.07, 6.45) is 2.82. The van der Waals surface area contributed by atoms with Gasteiger partial charge in [-0.15, -0.1) is 0 Å². The van der Waals surface area contributed by atoms with E-state index in [-0.39, 0.29) is 22.1 Å². The third kappa shape index (κ3) is 3.69. The Balaban J connectivity index is 1.87. The van der Waals surface area contributed by atoms with Gasteiger partial charge in [-0.05, 0) is 36.4 Å². The molecule has 3 amide bonds. The van der Waals surface area contributed by atoms with Crippen molar-refractivity contribution in [3.63, 3.8) is 0 Å². The van der Waals surface area contributed by atoms with Gasteiger partial charge in [0.15, 0.2) is 5.69 Å². The van der Waals surface area contributed by atoms with Gasteiger partial charge in [0.1, 0.15) is 17.2 Å². The van der Waals surface area contributed by atoms with Crippen molar-refractivity contribution in [2.75, 3.05) is 12.4 Å². The average molecular weight is 399 g/mol. The number of aromatic nitrogens is 3. The highest BCUT2D eigenvalue weighted by Crippen LogP contribution is 2.19. The van der Waals surface area contributed by atoms with Gasteiger partial charge in [-0.2, -0.15) is 0 Å². The Hall–Kier alpha value is -3.72. The monoisotopic (exact) mass is 398 g/mol. The van der Waals surface area contributed by atoms with E-state index in [0.717, 1.165) is 0 Å². The van der Waals surface area contributed by atoms with Crippen molar-refractivity contribution in [1.82, 2.24) is 19.9 Å². The lowest BCUT2D eigenvalue weighted by molar-refractivity contribution is 0.0937. The van der Waals surface area contributed by atoms with Crippen LogP contribution in [0.4, 0.5) is 5.69 Å². The van der Waals surface area contributed by atoms with Crippen LogP contribution in [-0.4, -0.2) is 39.3 Å². The Labute approximate surface area is 164 Å². The number of nitrogens with zero attached hydrogens (tertiary/aromatic N) is 3. The second-order valence-electron chi connectivity index (χ2n) is 5.60. The molecule has 0 bridgehead atoms. The Kier molecular flexibility index (Phi) is 5.37. The highest BCUT2D eigenvalue weighted by atomic mass is 35.5. The number of halogens is 1. The van der Waals surface area contributed by atoms with E-state index in [0.29, 0.717) is 11.4 Å². The number of primary amides is 1. The smallest absolute Gasteiger partial charge is 0.272 e. The maximum absolute atomic E-state index is 12.3. The topological polar surface area (TPSA) is 132 Å². The van der Waals surface area contributed by atoms with Crippen LogP contribution in [0.3, 0.4) is 0 Å². The van der Waals surface area contributed by atoms with E-state index in [9.17, 15) is 14.4 Å². The minimum atomic E-state index is -0.792. The largest absolute Gasteiger partial charge is 0.364 e. The van der Waals surface area contributed by atoms with Gasteiger partial charge < -0.3 is 16.4 Å². The standard InChI is InChI=1S/C18H15ClN6O3/c1-21-18(28)13-14(16(20)26)25(9-23-13)11-6-4-10(5-7-11)24-17(27)12-3-2-8-22-15(12)19/h2-9H,1H3,(H2,20,26)(H,21,28)(H,24,27). The van der Waals surface area contributed by atoms with Crippen molar-refractivity contribution in [1.29, 1.82) is 0 Å². The molecule has 0 atom stereocenters. The van der Waals surface area contributed by atoms with Gasteiger partial charge in [0.2, 0.25) is 0 Å². The van der Waals surface area contributed by atoms with Crippen LogP contribution in [0, 0.1) is 0 Å². The summed E-state index contributed by atoms with van der Waals surface area (Å²) in [5, 5.41) is 5.21. The number of anilines is 1. The number of benzene rings is 1. The van der Waals surface area contributed by atoms with Crippen molar-refractivity contribution in [2.45, 2.75) is 0 Å². The van der Waals surface area contributed by atoms with Crippen molar-refractivity contribution >= 4 is 35.0 Å². The first-order chi connectivity index (χ1) is 13.4. The molecular weight excluding hydrogens is 384 g/mol. The van der Waals surface area contributed by atoms with Crippen LogP contribution in [0.15, 0.2) is 48.9 Å². The van der Waals surface area contributed by atoms with E-state index in [2.05, 4.69) is 20.6 Å². The van der Waals surface area contributed by atoms with Crippen LogP contribution in [0.25, 0.3) is 5.69 Å². The third-order valence-electron chi connectivity index (χ3n) is 3.85. The molecule has 1 aromatic carbocycles. The van der Waals surface area contributed by atoms with E-state index in [1.165, 1.54) is 24.1 Å². The fraction of sp³-hybridized carbons (Fsp3) is 0.0556. The number of nitrogens with two attached hydrogens (primary N) is 1. The van der Waals surface area contributed by atoms with Gasteiger partial charge in [-0.3, -0.25) is 19.0 Å². The first-order valence-corrected chi connectivity index (χ1v) is 8.41. The molecule has 0 spiro atoms. The minimum absolute atomic E-state index is 0.0433. The van der Waals surface area contributed by atoms with E-state index in [1.807, 2.05) is 0 Å². The molecule has 3 rings (SSSR count). The van der Waals surface area contributed by atoms with Crippen LogP contribution < -0.4 is 16.4 Å². The van der Waals surface area contributed by atoms with Crippen LogP contribution in [0.5, 0.6) is 0 Å². The molecule has 4 N–H and O–H groups in total. The molecule has 9 nitrogen and oxygen atoms in total. The average Bonchev–Trinajstić information content (AvgIpc) is 3.13. The number of amides is 3. The summed E-state index contributed by atoms with van der Waals surface area (Å²) in [5.41, 5.74) is 6.58. The third-order valence-corrected chi connectivity index (χ3v) is 4.15. The zero-order chi connectivity index (χ0) is 20.3. The predicted octanol–water partition coefficient (Wildman–Crippen LogP) is 1.63. The van der Waals surface area contributed by atoms with E-state index in [1.54, 1.807) is 36.4 Å². The quantitative estimate of drug-likeness (QED) is 0.562. The molecule has 0 radical (unpaired) electrons. The first kappa shape index (κ1) is 19.1. The minimum Gasteiger partial charge on any atom is -0.364 e. The zero-order valence-electron chi connectivity index (χ0n) is 14.6. The maximum Gasteiger partial charge on any atom is 0.272 e. The Morgan fingerprint density at radius 1 is 1.07 bits per heavy atom. The van der Waals surface area contributed by atoms with Crippen molar-refractivity contribution in [3.05, 3.63) is 71.0 Å². The molecule has 28 heavy (non-hydrogen) atoms. The number of nitrogens with one attached hydrogen (secondary N) is 2. The van der Waals surface area contributed by atoms with Crippen molar-refractivity contribution < 1.29 is 14.4 Å². The molecule has 0 aliphatic carbocycles. The lowest BCUT2D eigenvalue weighted by atomic mass is 10.2. The number of hydrogen-bond acceptors (Lipinski definition) is 5. The second kappa shape index (κ2) is 7.89. The molecule has 0 unspecified atom stereocenters. The number of hydrogen-bond donors (Lipinski definition) is 3. The van der Waals surface area contributed by atoms with Crippen molar-refractivity contribution in [2.24, 2.45) is 5.73 Å². The van der Waals surface area contributed by atoms with Crippen molar-refractivity contribution in [3.8, 4) is 5.69 Å². The highest BCUT2D eigenvalue weighted by molar-refractivity contribution is 6.33. The van der Waals surface area contributed by atoms with Gasteiger partial charge in [0.05, 0.1) is 5.56 Å². The number of pyridine rings is 1. The van der Waals surface area contributed by atoms with Crippen LogP contribution in [0.2, 0.25) is 5.15 Å². The van der Waals surface area contributed by atoms with Gasteiger partial charge >= 0.3 is 0 Å². The van der Waals surface area contributed by atoms with E-state index in [4.69, 9.17) is 17.3 Å². The molecule has 0 saturated carbocycles. The molecule has 0 saturated heterocycles. The maximum atomic E-state index is 12.3. The van der Waals surface area contributed by atoms with E-state index >= 15 is 0 Å². The fourth-order valence-electron chi connectivity index (χ4n) is 2.52. The SMILES string of the molecule is CNC(=O)c1ncn(-c2ccc(NC(=O)c3cccnc3Cl)cc2)c1C(N)=O. The predicted molar refractivity (Wildman–Crippen MR) is 103 cm³/mol. The van der Waals surface area contributed by atoms with Gasteiger partial charge in [0.25, 0.3) is 17.7 Å². The summed E-state index contributed by atoms with van der Waals surface area (Å²) >= 11 is 5.92. The van der Waals surface area contributed by atoms with E-state index < -0.39 is 17.7 Å². The first-order valence-electron chi connectivity index (χ1n) is 8.04. The molecule has 0 aliphatic rings. The highest BCUT2D eigenvalue weighted by Gasteiger charge is 2.22. The molecule has 0 fully saturated rings. The van der Waals surface area contributed by atoms with Gasteiger partial charge in [0, 0.05) is 24.6 Å². The Morgan fingerprint density at radius 2 is 1.79 bits per heavy atom. The number of imidazole rings is 1. The van der Waals surface area contributed by atoms with Crippen LogP contribution in [0.1, 0.15) is 31.3 Å². The fourth-order valence-corrected chi connectivity index (χ4v) is 2.73. The normalized spacial score (nSPS) is 10.4. The van der Waals surface area contributed by atoms with Crippen LogP contribution in [-0.2, 0) is 0 Å². The molecule has 3 aromatic rings. The summed E-state index contributed by atoms with van der Waals surface area (Å²) < 4.78 is 1.40.